The summed E-state index contributed by atoms with van der Waals surface area (Å²) < 4.78 is 0. The van der Waals surface area contributed by atoms with Crippen molar-refractivity contribution >= 4 is 45.8 Å². The zero-order valence-corrected chi connectivity index (χ0v) is 26.9. The molecule has 1 aromatic heterocycles. The van der Waals surface area contributed by atoms with Crippen molar-refractivity contribution in [3.63, 3.8) is 0 Å². The standard InChI is InChI=1S/C34H41Cl2N7O/c1-41(2)18-6-5-9-30(33(37)44)39-34-28-7-3-4-8-29(28)38-31(40-34)23-42-19-21-43(22-20-42)32(24-10-14-26(35)15-11-24)25-12-16-27(36)17-13-25/h3-4,7-8,10-17,30,32H,5-6,9,18-23H2,1-2H3,(H2,37,44)(H,38,39,40)/t30-/m0/s1. The average molecular weight is 635 g/mol. The van der Waals surface area contributed by atoms with Crippen LogP contribution >= 0.6 is 23.2 Å². The summed E-state index contributed by atoms with van der Waals surface area (Å²) in [6, 6.07) is 23.7. The molecule has 1 fully saturated rings. The number of rotatable bonds is 13. The highest BCUT2D eigenvalue weighted by Gasteiger charge is 2.27. The Kier molecular flexibility index (Phi) is 11.1. The fourth-order valence-corrected chi connectivity index (χ4v) is 6.07. The number of primary amides is 1. The number of carbonyl (C=O) groups excluding carboxylic acids is 1. The Labute approximate surface area is 270 Å². The summed E-state index contributed by atoms with van der Waals surface area (Å²) in [4.78, 5) is 29.2. The summed E-state index contributed by atoms with van der Waals surface area (Å²) in [5, 5.41) is 5.70. The molecule has 0 spiro atoms. The van der Waals surface area contributed by atoms with E-state index in [1.54, 1.807) is 0 Å². The van der Waals surface area contributed by atoms with Gasteiger partial charge in [-0.2, -0.15) is 0 Å². The minimum atomic E-state index is -0.496. The molecule has 1 atom stereocenters. The Morgan fingerprint density at radius 1 is 0.886 bits per heavy atom. The van der Waals surface area contributed by atoms with Gasteiger partial charge in [0.05, 0.1) is 18.1 Å². The van der Waals surface area contributed by atoms with E-state index in [4.69, 9.17) is 38.9 Å². The molecule has 4 aromatic rings. The third-order valence-electron chi connectivity index (χ3n) is 8.16. The van der Waals surface area contributed by atoms with Crippen LogP contribution in [0.15, 0.2) is 72.8 Å². The van der Waals surface area contributed by atoms with E-state index in [1.807, 2.05) is 48.5 Å². The molecule has 10 heteroatoms. The maximum atomic E-state index is 12.4. The van der Waals surface area contributed by atoms with E-state index < -0.39 is 6.04 Å². The Balaban J connectivity index is 1.29. The van der Waals surface area contributed by atoms with Crippen LogP contribution in [0.3, 0.4) is 0 Å². The molecular weight excluding hydrogens is 593 g/mol. The molecular formula is C34H41Cl2N7O. The minimum absolute atomic E-state index is 0.0999. The van der Waals surface area contributed by atoms with Gasteiger partial charge < -0.3 is 16.0 Å². The number of nitrogens with zero attached hydrogens (tertiary/aromatic N) is 5. The van der Waals surface area contributed by atoms with Crippen LogP contribution < -0.4 is 11.1 Å². The van der Waals surface area contributed by atoms with Gasteiger partial charge in [-0.25, -0.2) is 9.97 Å². The van der Waals surface area contributed by atoms with Crippen molar-refractivity contribution in [2.45, 2.75) is 37.9 Å². The Hall–Kier alpha value is -3.27. The minimum Gasteiger partial charge on any atom is -0.368 e. The number of aromatic nitrogens is 2. The molecule has 0 bridgehead atoms. The number of benzene rings is 3. The monoisotopic (exact) mass is 633 g/mol. The molecule has 2 heterocycles. The third-order valence-corrected chi connectivity index (χ3v) is 8.66. The maximum Gasteiger partial charge on any atom is 0.239 e. The van der Waals surface area contributed by atoms with Gasteiger partial charge in [-0.1, -0.05) is 59.6 Å². The Bertz CT molecular complexity index is 1480. The Morgan fingerprint density at radius 3 is 2.09 bits per heavy atom. The summed E-state index contributed by atoms with van der Waals surface area (Å²) in [5.74, 6) is 1.01. The number of hydrogen-bond donors (Lipinski definition) is 2. The molecule has 3 N–H and O–H groups in total. The van der Waals surface area contributed by atoms with E-state index >= 15 is 0 Å². The van der Waals surface area contributed by atoms with E-state index in [9.17, 15) is 4.79 Å². The van der Waals surface area contributed by atoms with E-state index in [1.165, 1.54) is 11.1 Å². The molecule has 1 saturated heterocycles. The first-order valence-corrected chi connectivity index (χ1v) is 16.0. The Morgan fingerprint density at radius 2 is 1.50 bits per heavy atom. The van der Waals surface area contributed by atoms with Crippen LogP contribution in [0.25, 0.3) is 10.9 Å². The van der Waals surface area contributed by atoms with Crippen LogP contribution in [0.2, 0.25) is 10.0 Å². The molecule has 1 aliphatic heterocycles. The van der Waals surface area contributed by atoms with Crippen LogP contribution in [-0.2, 0) is 11.3 Å². The van der Waals surface area contributed by atoms with Gasteiger partial charge in [-0.15, -0.1) is 0 Å². The first-order valence-electron chi connectivity index (χ1n) is 15.2. The molecule has 8 nitrogen and oxygen atoms in total. The number of anilines is 1. The highest BCUT2D eigenvalue weighted by atomic mass is 35.5. The molecule has 0 radical (unpaired) electrons. The number of halogens is 2. The van der Waals surface area contributed by atoms with Crippen LogP contribution in [0.4, 0.5) is 5.82 Å². The SMILES string of the molecule is CN(C)CCCC[C@H](Nc1nc(CN2CCN(C(c3ccc(Cl)cc3)c3ccc(Cl)cc3)CC2)nc2ccccc12)C(N)=O. The number of piperazine rings is 1. The normalized spacial score (nSPS) is 15.2. The van der Waals surface area contributed by atoms with Crippen molar-refractivity contribution < 1.29 is 4.79 Å². The fourth-order valence-electron chi connectivity index (χ4n) is 5.82. The molecule has 0 saturated carbocycles. The first-order chi connectivity index (χ1) is 21.3. The first kappa shape index (κ1) is 32.1. The molecule has 44 heavy (non-hydrogen) atoms. The second kappa shape index (κ2) is 15.1. The number of hydrogen-bond acceptors (Lipinski definition) is 7. The zero-order valence-electron chi connectivity index (χ0n) is 25.4. The van der Waals surface area contributed by atoms with E-state index in [2.05, 4.69) is 58.4 Å². The van der Waals surface area contributed by atoms with Gasteiger partial charge in [0.1, 0.15) is 17.7 Å². The van der Waals surface area contributed by atoms with Gasteiger partial charge in [0.2, 0.25) is 5.91 Å². The van der Waals surface area contributed by atoms with Gasteiger partial charge >= 0.3 is 0 Å². The van der Waals surface area contributed by atoms with Gasteiger partial charge in [0.25, 0.3) is 0 Å². The maximum absolute atomic E-state index is 12.4. The smallest absolute Gasteiger partial charge is 0.239 e. The number of nitrogens with one attached hydrogen (secondary N) is 1. The second-order valence-corrected chi connectivity index (χ2v) is 12.6. The molecule has 3 aromatic carbocycles. The lowest BCUT2D eigenvalue weighted by molar-refractivity contribution is -0.118. The lowest BCUT2D eigenvalue weighted by Crippen LogP contribution is -2.47. The average Bonchev–Trinajstić information content (AvgIpc) is 3.01. The highest BCUT2D eigenvalue weighted by Crippen LogP contribution is 2.31. The molecule has 1 amide bonds. The fraction of sp³-hybridized carbons (Fsp3) is 0.382. The van der Waals surface area contributed by atoms with Gasteiger partial charge in [-0.05, 0) is 87.4 Å². The van der Waals surface area contributed by atoms with Gasteiger partial charge in [0.15, 0.2) is 0 Å². The second-order valence-electron chi connectivity index (χ2n) is 11.7. The number of nitrogens with two attached hydrogens (primary N) is 1. The number of fused-ring (bicyclic) bond motifs is 1. The van der Waals surface area contributed by atoms with Crippen molar-refractivity contribution in [2.75, 3.05) is 52.1 Å². The van der Waals surface area contributed by atoms with E-state index in [-0.39, 0.29) is 11.9 Å². The predicted molar refractivity (Wildman–Crippen MR) is 180 cm³/mol. The molecule has 0 unspecified atom stereocenters. The summed E-state index contributed by atoms with van der Waals surface area (Å²) in [5.41, 5.74) is 9.06. The van der Waals surface area contributed by atoms with E-state index in [0.29, 0.717) is 18.8 Å². The third kappa shape index (κ3) is 8.46. The van der Waals surface area contributed by atoms with Crippen molar-refractivity contribution in [1.82, 2.24) is 24.7 Å². The largest absolute Gasteiger partial charge is 0.368 e. The summed E-state index contributed by atoms with van der Waals surface area (Å²) in [6.45, 7) is 5.08. The quantitative estimate of drug-likeness (QED) is 0.179. The van der Waals surface area contributed by atoms with Crippen molar-refractivity contribution in [3.8, 4) is 0 Å². The van der Waals surface area contributed by atoms with Crippen LogP contribution in [0.1, 0.15) is 42.3 Å². The molecule has 232 valence electrons. The van der Waals surface area contributed by atoms with Crippen molar-refractivity contribution in [2.24, 2.45) is 5.73 Å². The molecule has 0 aliphatic carbocycles. The van der Waals surface area contributed by atoms with Crippen LogP contribution in [-0.4, -0.2) is 83.4 Å². The van der Waals surface area contributed by atoms with Gasteiger partial charge in [-0.3, -0.25) is 14.6 Å². The summed E-state index contributed by atoms with van der Waals surface area (Å²) in [7, 11) is 4.10. The van der Waals surface area contributed by atoms with Crippen molar-refractivity contribution in [3.05, 3.63) is 99.8 Å². The van der Waals surface area contributed by atoms with Gasteiger partial charge in [0, 0.05) is 41.6 Å². The number of para-hydroxylation sites is 1. The van der Waals surface area contributed by atoms with Crippen molar-refractivity contribution in [1.29, 1.82) is 0 Å². The highest BCUT2D eigenvalue weighted by molar-refractivity contribution is 6.30. The topological polar surface area (TPSA) is 90.6 Å². The number of amides is 1. The van der Waals surface area contributed by atoms with Crippen LogP contribution in [0.5, 0.6) is 0 Å². The number of carbonyl (C=O) groups is 1. The predicted octanol–water partition coefficient (Wildman–Crippen LogP) is 5.84. The summed E-state index contributed by atoms with van der Waals surface area (Å²) in [6.07, 6.45) is 2.55. The number of unbranched alkanes of at least 4 members (excludes halogenated alkanes) is 1. The molecule has 5 rings (SSSR count). The molecule has 1 aliphatic rings. The zero-order chi connectivity index (χ0) is 31.1. The summed E-state index contributed by atoms with van der Waals surface area (Å²) >= 11 is 12.4. The lowest BCUT2D eigenvalue weighted by atomic mass is 9.96. The van der Waals surface area contributed by atoms with E-state index in [0.717, 1.165) is 72.3 Å². The van der Waals surface area contributed by atoms with Crippen LogP contribution in [0, 0.1) is 0 Å². The lowest BCUT2D eigenvalue weighted by Gasteiger charge is -2.39.